The average Bonchev–Trinajstić information content (AvgIpc) is 3.05. The Kier molecular flexibility index (Phi) is 6.72. The summed E-state index contributed by atoms with van der Waals surface area (Å²) in [5, 5.41) is 5.63. The number of carbonyl (C=O) groups excluding carboxylic acids is 3. The van der Waals surface area contributed by atoms with Crippen LogP contribution in [0.2, 0.25) is 0 Å². The first-order chi connectivity index (χ1) is 14.4. The zero-order valence-corrected chi connectivity index (χ0v) is 17.4. The molecule has 3 amide bonds. The van der Waals surface area contributed by atoms with E-state index in [2.05, 4.69) is 10.6 Å². The molecule has 3 rings (SSSR count). The molecule has 2 aromatic rings. The highest BCUT2D eigenvalue weighted by atomic mass is 16.6. The van der Waals surface area contributed by atoms with E-state index >= 15 is 0 Å². The quantitative estimate of drug-likeness (QED) is 0.733. The van der Waals surface area contributed by atoms with Crippen LogP contribution in [0.4, 0.5) is 10.5 Å². The van der Waals surface area contributed by atoms with Gasteiger partial charge < -0.3 is 15.4 Å². The van der Waals surface area contributed by atoms with Crippen LogP contribution < -0.4 is 10.6 Å². The zero-order chi connectivity index (χ0) is 21.7. The van der Waals surface area contributed by atoms with Gasteiger partial charge in [0.1, 0.15) is 0 Å². The Labute approximate surface area is 176 Å². The average molecular weight is 409 g/mol. The summed E-state index contributed by atoms with van der Waals surface area (Å²) in [5.41, 5.74) is 2.26. The third-order valence-corrected chi connectivity index (χ3v) is 4.93. The Hall–Kier alpha value is -3.35. The van der Waals surface area contributed by atoms with Gasteiger partial charge in [0.25, 0.3) is 0 Å². The predicted octanol–water partition coefficient (Wildman–Crippen LogP) is 3.48. The van der Waals surface area contributed by atoms with Crippen LogP contribution in [0.3, 0.4) is 0 Å². The molecule has 2 unspecified atom stereocenters. The lowest BCUT2D eigenvalue weighted by Gasteiger charge is -2.24. The number of anilines is 1. The first-order valence-electron chi connectivity index (χ1n) is 10.1. The van der Waals surface area contributed by atoms with Crippen LogP contribution in [0.25, 0.3) is 0 Å². The number of carbonyl (C=O) groups is 3. The van der Waals surface area contributed by atoms with Gasteiger partial charge in [-0.05, 0) is 30.2 Å². The maximum absolute atomic E-state index is 12.8. The molecular formula is C23H27N3O4. The summed E-state index contributed by atoms with van der Waals surface area (Å²) in [6, 6.07) is 15.7. The van der Waals surface area contributed by atoms with Crippen LogP contribution in [-0.2, 0) is 20.9 Å². The summed E-state index contributed by atoms with van der Waals surface area (Å²) < 4.78 is 5.61. The lowest BCUT2D eigenvalue weighted by atomic mass is 10.00. The molecule has 0 spiro atoms. The van der Waals surface area contributed by atoms with Crippen molar-refractivity contribution in [2.24, 2.45) is 5.92 Å². The van der Waals surface area contributed by atoms with Crippen molar-refractivity contribution in [1.29, 1.82) is 0 Å². The molecule has 30 heavy (non-hydrogen) atoms. The highest BCUT2D eigenvalue weighted by Crippen LogP contribution is 2.34. The van der Waals surface area contributed by atoms with E-state index in [0.29, 0.717) is 17.8 Å². The number of amides is 3. The normalized spacial score (nSPS) is 18.3. The van der Waals surface area contributed by atoms with Gasteiger partial charge in [0.05, 0.1) is 6.54 Å². The number of hydrogen-bond donors (Lipinski definition) is 2. The fourth-order valence-corrected chi connectivity index (χ4v) is 3.31. The van der Waals surface area contributed by atoms with E-state index in [9.17, 15) is 14.4 Å². The van der Waals surface area contributed by atoms with E-state index in [1.54, 1.807) is 24.3 Å². The minimum Gasteiger partial charge on any atom is -0.438 e. The molecule has 0 radical (unpaired) electrons. The minimum atomic E-state index is -0.784. The van der Waals surface area contributed by atoms with Crippen LogP contribution in [0.1, 0.15) is 38.0 Å². The van der Waals surface area contributed by atoms with Gasteiger partial charge in [-0.1, -0.05) is 56.3 Å². The van der Waals surface area contributed by atoms with Crippen LogP contribution in [0.5, 0.6) is 0 Å². The Morgan fingerprint density at radius 2 is 1.73 bits per heavy atom. The van der Waals surface area contributed by atoms with Gasteiger partial charge in [-0.3, -0.25) is 14.5 Å². The molecular weight excluding hydrogens is 382 g/mol. The molecule has 0 aromatic heterocycles. The van der Waals surface area contributed by atoms with Crippen LogP contribution in [0.15, 0.2) is 54.6 Å². The van der Waals surface area contributed by atoms with Gasteiger partial charge in [0, 0.05) is 18.2 Å². The van der Waals surface area contributed by atoms with Gasteiger partial charge >= 0.3 is 6.09 Å². The smallest absolute Gasteiger partial charge is 0.411 e. The fraction of sp³-hybridized carbons (Fsp3) is 0.348. The first-order valence-corrected chi connectivity index (χ1v) is 10.1. The molecule has 7 nitrogen and oxygen atoms in total. The Morgan fingerprint density at radius 1 is 1.07 bits per heavy atom. The number of nitrogens with zero attached hydrogens (tertiary/aromatic N) is 1. The molecule has 0 aliphatic carbocycles. The monoisotopic (exact) mass is 409 g/mol. The molecule has 1 fully saturated rings. The zero-order valence-electron chi connectivity index (χ0n) is 17.4. The summed E-state index contributed by atoms with van der Waals surface area (Å²) in [5.74, 6) is -0.472. The number of ether oxygens (including phenoxy) is 1. The lowest BCUT2D eigenvalue weighted by molar-refractivity contribution is -0.126. The molecule has 158 valence electrons. The van der Waals surface area contributed by atoms with Crippen molar-refractivity contribution in [3.8, 4) is 0 Å². The molecule has 0 saturated carbocycles. The second-order valence-electron chi connectivity index (χ2n) is 7.52. The van der Waals surface area contributed by atoms with E-state index < -0.39 is 18.2 Å². The summed E-state index contributed by atoms with van der Waals surface area (Å²) >= 11 is 0. The third kappa shape index (κ3) is 4.79. The molecule has 1 saturated heterocycles. The van der Waals surface area contributed by atoms with Crippen LogP contribution in [-0.4, -0.2) is 35.4 Å². The summed E-state index contributed by atoms with van der Waals surface area (Å²) in [4.78, 5) is 38.8. The van der Waals surface area contributed by atoms with E-state index in [0.717, 1.165) is 5.56 Å². The number of rotatable bonds is 7. The lowest BCUT2D eigenvalue weighted by Crippen LogP contribution is -2.46. The van der Waals surface area contributed by atoms with Crippen molar-refractivity contribution in [3.63, 3.8) is 0 Å². The number of benzene rings is 2. The third-order valence-electron chi connectivity index (χ3n) is 4.93. The summed E-state index contributed by atoms with van der Waals surface area (Å²) in [6.45, 7) is 6.20. The van der Waals surface area contributed by atoms with Gasteiger partial charge in [-0.25, -0.2) is 4.79 Å². The molecule has 0 bridgehead atoms. The maximum Gasteiger partial charge on any atom is 0.411 e. The van der Waals surface area contributed by atoms with Crippen molar-refractivity contribution in [3.05, 3.63) is 65.7 Å². The minimum absolute atomic E-state index is 0.0794. The molecule has 1 aliphatic rings. The van der Waals surface area contributed by atoms with E-state index in [1.807, 2.05) is 51.1 Å². The number of cyclic esters (lactones) is 1. The SMILES string of the molecule is CCNC(=O)C1C(c2ccc(NC(=O)C(C)C)cc2)OC(=O)N1Cc1ccccc1. The van der Waals surface area contributed by atoms with Gasteiger partial charge in [0.2, 0.25) is 11.8 Å². The second-order valence-corrected chi connectivity index (χ2v) is 7.52. The topological polar surface area (TPSA) is 87.7 Å². The van der Waals surface area contributed by atoms with Gasteiger partial charge in [-0.2, -0.15) is 0 Å². The molecule has 7 heteroatoms. The van der Waals surface area contributed by atoms with Gasteiger partial charge in [0.15, 0.2) is 12.1 Å². The van der Waals surface area contributed by atoms with E-state index in [4.69, 9.17) is 4.74 Å². The summed E-state index contributed by atoms with van der Waals surface area (Å²) in [7, 11) is 0. The van der Waals surface area contributed by atoms with Crippen molar-refractivity contribution >= 4 is 23.6 Å². The highest BCUT2D eigenvalue weighted by molar-refractivity contribution is 5.92. The Bertz CT molecular complexity index is 896. The van der Waals surface area contributed by atoms with Crippen molar-refractivity contribution in [1.82, 2.24) is 10.2 Å². The predicted molar refractivity (Wildman–Crippen MR) is 114 cm³/mol. The molecule has 2 N–H and O–H groups in total. The maximum atomic E-state index is 12.8. The molecule has 2 aromatic carbocycles. The summed E-state index contributed by atoms with van der Waals surface area (Å²) in [6.07, 6.45) is -1.26. The molecule has 1 heterocycles. The van der Waals surface area contributed by atoms with Crippen LogP contribution in [0, 0.1) is 5.92 Å². The Morgan fingerprint density at radius 3 is 2.33 bits per heavy atom. The van der Waals surface area contributed by atoms with Crippen molar-refractivity contribution < 1.29 is 19.1 Å². The van der Waals surface area contributed by atoms with E-state index in [1.165, 1.54) is 4.90 Å². The van der Waals surface area contributed by atoms with Crippen LogP contribution >= 0.6 is 0 Å². The molecule has 2 atom stereocenters. The second kappa shape index (κ2) is 9.43. The highest BCUT2D eigenvalue weighted by Gasteiger charge is 2.46. The fourth-order valence-electron chi connectivity index (χ4n) is 3.31. The first kappa shape index (κ1) is 21.4. The number of hydrogen-bond acceptors (Lipinski definition) is 4. The number of likely N-dealkylation sites (N-methyl/N-ethyl adjacent to an activating group) is 1. The number of nitrogens with one attached hydrogen (secondary N) is 2. The van der Waals surface area contributed by atoms with Gasteiger partial charge in [-0.15, -0.1) is 0 Å². The standard InChI is InChI=1S/C23H27N3O4/c1-4-24-22(28)19-20(17-10-12-18(13-11-17)25-21(27)15(2)3)30-23(29)26(19)14-16-8-6-5-7-9-16/h5-13,15,19-20H,4,14H2,1-3H3,(H,24,28)(H,25,27). The van der Waals surface area contributed by atoms with Crippen molar-refractivity contribution in [2.45, 2.75) is 39.5 Å². The Balaban J connectivity index is 1.84. The van der Waals surface area contributed by atoms with E-state index in [-0.39, 0.29) is 24.3 Å². The largest absolute Gasteiger partial charge is 0.438 e. The van der Waals surface area contributed by atoms with Crippen molar-refractivity contribution in [2.75, 3.05) is 11.9 Å². The molecule has 1 aliphatic heterocycles.